The highest BCUT2D eigenvalue weighted by molar-refractivity contribution is 7.10. The predicted molar refractivity (Wildman–Crippen MR) is 145 cm³/mol. The number of ether oxygens (including phenoxy) is 2. The van der Waals surface area contributed by atoms with E-state index < -0.39 is 54.9 Å². The van der Waals surface area contributed by atoms with Crippen LogP contribution in [0, 0.1) is 0 Å². The molecule has 1 aliphatic rings. The molecule has 0 spiro atoms. The molecule has 210 valence electrons. The molecule has 40 heavy (non-hydrogen) atoms. The molecule has 1 amide bonds. The van der Waals surface area contributed by atoms with Crippen molar-refractivity contribution in [1.82, 2.24) is 4.90 Å². The average Bonchev–Trinajstić information content (AvgIpc) is 3.62. The van der Waals surface area contributed by atoms with Crippen LogP contribution in [-0.2, 0) is 35.1 Å². The number of carbonyl (C=O) groups is 4. The molecule has 1 aliphatic heterocycles. The molecule has 10 nitrogen and oxygen atoms in total. The van der Waals surface area contributed by atoms with E-state index in [1.54, 1.807) is 6.92 Å². The highest BCUT2D eigenvalue weighted by atomic mass is 32.1. The second-order valence-corrected chi connectivity index (χ2v) is 10.4. The number of thiophene rings is 1. The summed E-state index contributed by atoms with van der Waals surface area (Å²) in [7, 11) is 0. The summed E-state index contributed by atoms with van der Waals surface area (Å²) in [6.45, 7) is 0.397. The number of rotatable bonds is 12. The maximum Gasteiger partial charge on any atom is 0.377 e. The van der Waals surface area contributed by atoms with E-state index in [2.05, 4.69) is 0 Å². The van der Waals surface area contributed by atoms with Gasteiger partial charge in [0.1, 0.15) is 6.54 Å². The Balaban J connectivity index is 1.65. The van der Waals surface area contributed by atoms with Gasteiger partial charge in [0.25, 0.3) is 5.91 Å². The Bertz CT molecular complexity index is 1340. The molecule has 0 aliphatic carbocycles. The van der Waals surface area contributed by atoms with Crippen molar-refractivity contribution >= 4 is 35.2 Å². The third-order valence-electron chi connectivity index (χ3n) is 6.93. The van der Waals surface area contributed by atoms with Gasteiger partial charge in [-0.25, -0.2) is 9.59 Å². The van der Waals surface area contributed by atoms with E-state index in [4.69, 9.17) is 9.47 Å². The van der Waals surface area contributed by atoms with Gasteiger partial charge in [0, 0.05) is 16.8 Å². The molecule has 3 atom stereocenters. The first-order chi connectivity index (χ1) is 19.1. The maximum atomic E-state index is 13.6. The van der Waals surface area contributed by atoms with Crippen LogP contribution in [0.5, 0.6) is 0 Å². The summed E-state index contributed by atoms with van der Waals surface area (Å²) in [5, 5.41) is 30.5. The lowest BCUT2D eigenvalue weighted by molar-refractivity contribution is -0.218. The van der Waals surface area contributed by atoms with Crippen LogP contribution < -0.4 is 0 Å². The van der Waals surface area contributed by atoms with Crippen LogP contribution in [0.3, 0.4) is 0 Å². The zero-order valence-corrected chi connectivity index (χ0v) is 22.5. The number of aryl methyl sites for hydroxylation is 1. The van der Waals surface area contributed by atoms with Crippen molar-refractivity contribution in [1.29, 1.82) is 0 Å². The first kappa shape index (κ1) is 28.9. The second-order valence-electron chi connectivity index (χ2n) is 9.48. The Kier molecular flexibility index (Phi) is 8.98. The smallest absolute Gasteiger partial charge is 0.377 e. The summed E-state index contributed by atoms with van der Waals surface area (Å²) >= 11 is 1.51. The zero-order valence-electron chi connectivity index (χ0n) is 21.6. The fraction of sp³-hybridized carbons (Fsp3) is 0.310. The van der Waals surface area contributed by atoms with Gasteiger partial charge in [-0.05, 0) is 47.9 Å². The molecular formula is C29H29NO9S. The summed E-state index contributed by atoms with van der Waals surface area (Å²) in [4.78, 5) is 50.7. The Morgan fingerprint density at radius 3 is 2.17 bits per heavy atom. The van der Waals surface area contributed by atoms with Gasteiger partial charge in [-0.15, -0.1) is 11.3 Å². The molecule has 11 heteroatoms. The molecule has 0 radical (unpaired) electrons. The fourth-order valence-corrected chi connectivity index (χ4v) is 5.94. The Morgan fingerprint density at radius 1 is 0.975 bits per heavy atom. The SMILES string of the molecule is CC(C(CCc1ccccc1)c1cc(-c2ccccc2)cs1)N(CC(=O)O)C(=O)C1COC(C(=O)O)(C(=O)O)O1. The zero-order chi connectivity index (χ0) is 28.9. The van der Waals surface area contributed by atoms with Crippen LogP contribution >= 0.6 is 11.3 Å². The standard InChI is InChI=1S/C29H29NO9S/c1-18(30(15-25(31)32)26(33)23-16-38-29(39-23,27(34)35)28(36)37)22(13-12-19-8-4-2-5-9-19)24-14-21(17-40-24)20-10-6-3-7-11-20/h2-11,14,17-18,22-23H,12-13,15-16H2,1H3,(H,31,32)(H,34,35)(H,36,37). The monoisotopic (exact) mass is 567 g/mol. The van der Waals surface area contributed by atoms with E-state index in [-0.39, 0.29) is 5.92 Å². The fourth-order valence-electron chi connectivity index (χ4n) is 4.79. The quantitative estimate of drug-likeness (QED) is 0.278. The molecule has 3 N–H and O–H groups in total. The van der Waals surface area contributed by atoms with E-state index in [0.717, 1.165) is 26.5 Å². The largest absolute Gasteiger partial charge is 0.480 e. The highest BCUT2D eigenvalue weighted by Crippen LogP contribution is 2.37. The Labute approximate surface area is 234 Å². The number of hydrogen-bond acceptors (Lipinski definition) is 7. The molecule has 0 bridgehead atoms. The van der Waals surface area contributed by atoms with Crippen LogP contribution in [0.1, 0.15) is 29.7 Å². The van der Waals surface area contributed by atoms with Crippen molar-refractivity contribution in [3.8, 4) is 11.1 Å². The maximum absolute atomic E-state index is 13.6. The van der Waals surface area contributed by atoms with E-state index in [1.165, 1.54) is 11.3 Å². The summed E-state index contributed by atoms with van der Waals surface area (Å²) < 4.78 is 10.0. The van der Waals surface area contributed by atoms with Gasteiger partial charge in [0.05, 0.1) is 6.61 Å². The number of carboxylic acid groups (broad SMARTS) is 3. The number of aliphatic carboxylic acids is 3. The average molecular weight is 568 g/mol. The van der Waals surface area contributed by atoms with Crippen LogP contribution in [0.4, 0.5) is 0 Å². The minimum Gasteiger partial charge on any atom is -0.480 e. The normalized spacial score (nSPS) is 17.6. The minimum atomic E-state index is -3.04. The molecule has 3 unspecified atom stereocenters. The summed E-state index contributed by atoms with van der Waals surface area (Å²) in [6, 6.07) is 20.9. The van der Waals surface area contributed by atoms with Crippen LogP contribution in [0.2, 0.25) is 0 Å². The predicted octanol–water partition coefficient (Wildman–Crippen LogP) is 3.71. The molecule has 2 aromatic carbocycles. The molecule has 1 saturated heterocycles. The van der Waals surface area contributed by atoms with Crippen molar-refractivity contribution in [3.63, 3.8) is 0 Å². The molecule has 4 rings (SSSR count). The second kappa shape index (κ2) is 12.4. The lowest BCUT2D eigenvalue weighted by atomic mass is 9.90. The number of hydrogen-bond donors (Lipinski definition) is 3. The topological polar surface area (TPSA) is 151 Å². The van der Waals surface area contributed by atoms with Crippen molar-refractivity contribution in [2.45, 2.75) is 43.6 Å². The van der Waals surface area contributed by atoms with Gasteiger partial charge in [-0.1, -0.05) is 60.7 Å². The van der Waals surface area contributed by atoms with Crippen LogP contribution in [0.15, 0.2) is 72.1 Å². The highest BCUT2D eigenvalue weighted by Gasteiger charge is 2.58. The van der Waals surface area contributed by atoms with Crippen LogP contribution in [0.25, 0.3) is 11.1 Å². The molecule has 3 aromatic rings. The van der Waals surface area contributed by atoms with Crippen molar-refractivity contribution in [3.05, 3.63) is 82.6 Å². The Hall–Kier alpha value is -4.06. The van der Waals surface area contributed by atoms with Gasteiger partial charge in [0.15, 0.2) is 6.10 Å². The number of carbonyl (C=O) groups excluding carboxylic acids is 1. The lowest BCUT2D eigenvalue weighted by Gasteiger charge is -2.35. The van der Waals surface area contributed by atoms with Crippen molar-refractivity contribution in [2.75, 3.05) is 13.2 Å². The van der Waals surface area contributed by atoms with Gasteiger partial charge < -0.3 is 29.7 Å². The van der Waals surface area contributed by atoms with Crippen LogP contribution in [-0.4, -0.2) is 75.1 Å². The summed E-state index contributed by atoms with van der Waals surface area (Å²) in [5.41, 5.74) is 3.10. The Morgan fingerprint density at radius 2 is 1.60 bits per heavy atom. The molecule has 1 fully saturated rings. The van der Waals surface area contributed by atoms with E-state index >= 15 is 0 Å². The number of carboxylic acids is 3. The van der Waals surface area contributed by atoms with Gasteiger partial charge in [-0.2, -0.15) is 0 Å². The van der Waals surface area contributed by atoms with E-state index in [0.29, 0.717) is 12.8 Å². The lowest BCUT2D eigenvalue weighted by Crippen LogP contribution is -2.52. The number of amides is 1. The molecule has 0 saturated carbocycles. The van der Waals surface area contributed by atoms with Gasteiger partial charge in [-0.3, -0.25) is 9.59 Å². The first-order valence-corrected chi connectivity index (χ1v) is 13.5. The molecule has 2 heterocycles. The van der Waals surface area contributed by atoms with Gasteiger partial charge >= 0.3 is 23.7 Å². The van der Waals surface area contributed by atoms with E-state index in [9.17, 15) is 34.5 Å². The third-order valence-corrected chi connectivity index (χ3v) is 7.99. The third kappa shape index (κ3) is 6.22. The van der Waals surface area contributed by atoms with E-state index in [1.807, 2.05) is 72.1 Å². The summed E-state index contributed by atoms with van der Waals surface area (Å²) in [5.74, 6) is -9.30. The number of benzene rings is 2. The van der Waals surface area contributed by atoms with Gasteiger partial charge in [0.2, 0.25) is 0 Å². The number of nitrogens with zero attached hydrogens (tertiary/aromatic N) is 1. The first-order valence-electron chi connectivity index (χ1n) is 12.6. The minimum absolute atomic E-state index is 0.294. The summed E-state index contributed by atoms with van der Waals surface area (Å²) in [6.07, 6.45) is -0.361. The van der Waals surface area contributed by atoms with Crippen molar-refractivity contribution < 1.29 is 44.0 Å². The molecule has 1 aromatic heterocycles. The molecular weight excluding hydrogens is 538 g/mol. The van der Waals surface area contributed by atoms with Crippen molar-refractivity contribution in [2.24, 2.45) is 0 Å².